The van der Waals surface area contributed by atoms with Crippen molar-refractivity contribution in [2.75, 3.05) is 13.1 Å². The van der Waals surface area contributed by atoms with Crippen molar-refractivity contribution in [1.82, 2.24) is 4.90 Å². The molecule has 19 heavy (non-hydrogen) atoms. The third-order valence-electron chi connectivity index (χ3n) is 3.56. The molecule has 108 valence electrons. The van der Waals surface area contributed by atoms with Gasteiger partial charge in [0.1, 0.15) is 0 Å². The van der Waals surface area contributed by atoms with Crippen LogP contribution in [0.25, 0.3) is 0 Å². The Bertz CT molecular complexity index is 367. The topological polar surface area (TPSA) is 23.5 Å². The zero-order valence-electron chi connectivity index (χ0n) is 13.1. The van der Waals surface area contributed by atoms with E-state index in [2.05, 4.69) is 57.7 Å². The van der Waals surface area contributed by atoms with E-state index in [4.69, 9.17) is 0 Å². The van der Waals surface area contributed by atoms with Crippen LogP contribution in [-0.4, -0.2) is 29.1 Å². The summed E-state index contributed by atoms with van der Waals surface area (Å²) >= 11 is 0. The molecule has 2 heteroatoms. The zero-order chi connectivity index (χ0) is 14.4. The maximum Gasteiger partial charge on any atom is 0.0802 e. The van der Waals surface area contributed by atoms with Crippen LogP contribution in [-0.2, 0) is 0 Å². The summed E-state index contributed by atoms with van der Waals surface area (Å²) in [6, 6.07) is 6.88. The van der Waals surface area contributed by atoms with Crippen LogP contribution in [0.4, 0.5) is 0 Å². The standard InChI is InChI=1S/C17H29NO/c1-6-8-18(13(2)3)9-7-17(19)16-11-14(4)10-15(5)12-16/h10-13,17,19H,6-9H2,1-5H3. The van der Waals surface area contributed by atoms with Gasteiger partial charge in [0.05, 0.1) is 6.10 Å². The van der Waals surface area contributed by atoms with Gasteiger partial charge in [0.2, 0.25) is 0 Å². The number of benzene rings is 1. The quantitative estimate of drug-likeness (QED) is 0.807. The van der Waals surface area contributed by atoms with E-state index in [9.17, 15) is 5.11 Å². The summed E-state index contributed by atoms with van der Waals surface area (Å²) in [7, 11) is 0. The number of hydrogen-bond acceptors (Lipinski definition) is 2. The smallest absolute Gasteiger partial charge is 0.0802 e. The largest absolute Gasteiger partial charge is 0.388 e. The van der Waals surface area contributed by atoms with E-state index in [0.717, 1.165) is 31.5 Å². The van der Waals surface area contributed by atoms with Gasteiger partial charge in [-0.05, 0) is 52.6 Å². The Morgan fingerprint density at radius 2 is 1.63 bits per heavy atom. The van der Waals surface area contributed by atoms with Gasteiger partial charge in [-0.3, -0.25) is 0 Å². The molecule has 0 fully saturated rings. The predicted molar refractivity (Wildman–Crippen MR) is 82.5 cm³/mol. The summed E-state index contributed by atoms with van der Waals surface area (Å²) in [4.78, 5) is 2.44. The monoisotopic (exact) mass is 263 g/mol. The van der Waals surface area contributed by atoms with Gasteiger partial charge >= 0.3 is 0 Å². The van der Waals surface area contributed by atoms with Crippen LogP contribution >= 0.6 is 0 Å². The van der Waals surface area contributed by atoms with Crippen molar-refractivity contribution in [3.8, 4) is 0 Å². The Hall–Kier alpha value is -0.860. The van der Waals surface area contributed by atoms with E-state index < -0.39 is 0 Å². The highest BCUT2D eigenvalue weighted by atomic mass is 16.3. The van der Waals surface area contributed by atoms with Gasteiger partial charge in [0, 0.05) is 12.6 Å². The van der Waals surface area contributed by atoms with Crippen LogP contribution in [0.15, 0.2) is 18.2 Å². The molecule has 0 heterocycles. The maximum atomic E-state index is 10.3. The molecule has 1 rings (SSSR count). The van der Waals surface area contributed by atoms with Gasteiger partial charge in [-0.25, -0.2) is 0 Å². The predicted octanol–water partition coefficient (Wildman–Crippen LogP) is 3.85. The average Bonchev–Trinajstić information content (AvgIpc) is 2.32. The molecule has 0 aliphatic carbocycles. The molecular weight excluding hydrogens is 234 g/mol. The first kappa shape index (κ1) is 16.2. The lowest BCUT2D eigenvalue weighted by Crippen LogP contribution is -2.33. The minimum absolute atomic E-state index is 0.350. The number of aliphatic hydroxyl groups excluding tert-OH is 1. The highest BCUT2D eigenvalue weighted by molar-refractivity contribution is 5.29. The molecule has 0 spiro atoms. The summed E-state index contributed by atoms with van der Waals surface area (Å²) in [5.74, 6) is 0. The minimum atomic E-state index is -0.350. The molecule has 1 N–H and O–H groups in total. The molecule has 0 saturated carbocycles. The third-order valence-corrected chi connectivity index (χ3v) is 3.56. The molecule has 0 radical (unpaired) electrons. The van der Waals surface area contributed by atoms with Crippen LogP contribution in [0, 0.1) is 13.8 Å². The fourth-order valence-electron chi connectivity index (χ4n) is 2.57. The van der Waals surface area contributed by atoms with E-state index in [0.29, 0.717) is 6.04 Å². The Morgan fingerprint density at radius 3 is 2.11 bits per heavy atom. The molecule has 0 amide bonds. The first-order chi connectivity index (χ1) is 8.93. The van der Waals surface area contributed by atoms with Crippen LogP contribution in [0.1, 0.15) is 56.4 Å². The lowest BCUT2D eigenvalue weighted by Gasteiger charge is -2.27. The molecule has 0 saturated heterocycles. The highest BCUT2D eigenvalue weighted by Gasteiger charge is 2.13. The van der Waals surface area contributed by atoms with Crippen molar-refractivity contribution in [3.63, 3.8) is 0 Å². The molecule has 0 aliphatic rings. The van der Waals surface area contributed by atoms with E-state index in [-0.39, 0.29) is 6.10 Å². The second-order valence-electron chi connectivity index (χ2n) is 5.86. The van der Waals surface area contributed by atoms with Crippen molar-refractivity contribution in [2.45, 2.75) is 59.6 Å². The van der Waals surface area contributed by atoms with Gasteiger partial charge < -0.3 is 10.0 Å². The van der Waals surface area contributed by atoms with E-state index >= 15 is 0 Å². The van der Waals surface area contributed by atoms with Crippen LogP contribution < -0.4 is 0 Å². The number of aryl methyl sites for hydroxylation is 2. The second kappa shape index (κ2) is 7.66. The summed E-state index contributed by atoms with van der Waals surface area (Å²) in [6.45, 7) is 12.9. The number of nitrogens with zero attached hydrogens (tertiary/aromatic N) is 1. The van der Waals surface area contributed by atoms with Crippen molar-refractivity contribution in [1.29, 1.82) is 0 Å². The lowest BCUT2D eigenvalue weighted by molar-refractivity contribution is 0.130. The third kappa shape index (κ3) is 5.33. The van der Waals surface area contributed by atoms with Crippen molar-refractivity contribution in [2.24, 2.45) is 0 Å². The number of aliphatic hydroxyl groups is 1. The number of hydrogen-bond donors (Lipinski definition) is 1. The number of rotatable bonds is 7. The Kier molecular flexibility index (Phi) is 6.53. The van der Waals surface area contributed by atoms with Gasteiger partial charge in [0.15, 0.2) is 0 Å². The fourth-order valence-corrected chi connectivity index (χ4v) is 2.57. The summed E-state index contributed by atoms with van der Waals surface area (Å²) in [5.41, 5.74) is 3.50. The Balaban J connectivity index is 2.60. The van der Waals surface area contributed by atoms with E-state index in [1.54, 1.807) is 0 Å². The molecular formula is C17H29NO. The fraction of sp³-hybridized carbons (Fsp3) is 0.647. The van der Waals surface area contributed by atoms with Gasteiger partial charge in [-0.15, -0.1) is 0 Å². The molecule has 1 aromatic rings. The van der Waals surface area contributed by atoms with E-state index in [1.807, 2.05) is 0 Å². The minimum Gasteiger partial charge on any atom is -0.388 e. The van der Waals surface area contributed by atoms with Crippen molar-refractivity contribution >= 4 is 0 Å². The van der Waals surface area contributed by atoms with Crippen LogP contribution in [0.3, 0.4) is 0 Å². The van der Waals surface area contributed by atoms with Crippen molar-refractivity contribution in [3.05, 3.63) is 34.9 Å². The Morgan fingerprint density at radius 1 is 1.05 bits per heavy atom. The molecule has 2 nitrogen and oxygen atoms in total. The van der Waals surface area contributed by atoms with Crippen LogP contribution in [0.5, 0.6) is 0 Å². The van der Waals surface area contributed by atoms with Gasteiger partial charge in [-0.1, -0.05) is 36.2 Å². The first-order valence-corrected chi connectivity index (χ1v) is 7.44. The molecule has 0 bridgehead atoms. The van der Waals surface area contributed by atoms with Gasteiger partial charge in [0.25, 0.3) is 0 Å². The van der Waals surface area contributed by atoms with Crippen molar-refractivity contribution < 1.29 is 5.11 Å². The summed E-state index contributed by atoms with van der Waals surface area (Å²) < 4.78 is 0. The summed E-state index contributed by atoms with van der Waals surface area (Å²) in [6.07, 6.45) is 1.62. The SMILES string of the molecule is CCCN(CCC(O)c1cc(C)cc(C)c1)C(C)C. The lowest BCUT2D eigenvalue weighted by atomic mass is 10.0. The Labute approximate surface area is 118 Å². The summed E-state index contributed by atoms with van der Waals surface area (Å²) in [5, 5.41) is 10.3. The molecule has 0 aliphatic heterocycles. The van der Waals surface area contributed by atoms with E-state index in [1.165, 1.54) is 11.1 Å². The molecule has 0 aromatic heterocycles. The van der Waals surface area contributed by atoms with Crippen LogP contribution in [0.2, 0.25) is 0 Å². The molecule has 1 atom stereocenters. The molecule has 1 unspecified atom stereocenters. The second-order valence-corrected chi connectivity index (χ2v) is 5.86. The van der Waals surface area contributed by atoms with Gasteiger partial charge in [-0.2, -0.15) is 0 Å². The molecule has 1 aromatic carbocycles. The maximum absolute atomic E-state index is 10.3. The first-order valence-electron chi connectivity index (χ1n) is 7.44. The average molecular weight is 263 g/mol. The zero-order valence-corrected chi connectivity index (χ0v) is 13.1. The normalized spacial score (nSPS) is 13.3. The highest BCUT2D eigenvalue weighted by Crippen LogP contribution is 2.20.